The van der Waals surface area contributed by atoms with Crippen LogP contribution in [0.2, 0.25) is 0 Å². The molecular weight excluding hydrogens is 413 g/mol. The van der Waals surface area contributed by atoms with Gasteiger partial charge in [-0.15, -0.1) is 0 Å². The van der Waals surface area contributed by atoms with Crippen molar-refractivity contribution in [2.75, 3.05) is 6.16 Å². The zero-order valence-corrected chi connectivity index (χ0v) is 19.1. The second-order valence-corrected chi connectivity index (χ2v) is 12.6. The minimum atomic E-state index is 0.289. The number of halogens is 2. The van der Waals surface area contributed by atoms with Gasteiger partial charge in [-0.05, 0) is 61.9 Å². The Balaban J connectivity index is 0.000000701. The molecule has 0 atom stereocenters. The minimum absolute atomic E-state index is 0.289. The molecule has 3 aliphatic rings. The van der Waals surface area contributed by atoms with Gasteiger partial charge in [0.1, 0.15) is 0 Å². The quantitative estimate of drug-likeness (QED) is 0.224. The monoisotopic (exact) mass is 448 g/mol. The molecule has 0 N–H and O–H groups in total. The van der Waals surface area contributed by atoms with Gasteiger partial charge in [-0.25, -0.2) is 0 Å². The summed E-state index contributed by atoms with van der Waals surface area (Å²) in [5.74, 6) is 0.934. The average molecular weight is 450 g/mol. The van der Waals surface area contributed by atoms with Gasteiger partial charge in [0.25, 0.3) is 0 Å². The standard InChI is InChI=1S/C21H37P.2ClH.Ni/c1-4-11-19(12-5-1)13-10-18-22(20-14-6-2-7-15-20)21-16-8-3-9-17-21;;;/h10,13,19-21H,1-9,11-12,14-18H2;2*1H;/q;;;+2/p-2. The van der Waals surface area contributed by atoms with Crippen LogP contribution in [0.3, 0.4) is 0 Å². The first-order chi connectivity index (χ1) is 12.3. The van der Waals surface area contributed by atoms with E-state index in [1.807, 2.05) is 0 Å². The summed E-state index contributed by atoms with van der Waals surface area (Å²) in [5, 5.41) is 0. The molecule has 0 heterocycles. The molecule has 0 amide bonds. The number of hydrogen-bond donors (Lipinski definition) is 0. The summed E-state index contributed by atoms with van der Waals surface area (Å²) in [7, 11) is 9.69. The molecule has 0 nitrogen and oxygen atoms in total. The van der Waals surface area contributed by atoms with Gasteiger partial charge < -0.3 is 0 Å². The van der Waals surface area contributed by atoms with Crippen LogP contribution in [0.5, 0.6) is 0 Å². The van der Waals surface area contributed by atoms with Gasteiger partial charge in [-0.3, -0.25) is 0 Å². The van der Waals surface area contributed by atoms with E-state index >= 15 is 0 Å². The van der Waals surface area contributed by atoms with Crippen LogP contribution < -0.4 is 0 Å². The zero-order chi connectivity index (χ0) is 17.7. The van der Waals surface area contributed by atoms with E-state index in [2.05, 4.69) is 12.2 Å². The average Bonchev–Trinajstić information content (AvgIpc) is 2.68. The molecule has 0 aromatic heterocycles. The van der Waals surface area contributed by atoms with Gasteiger partial charge in [0, 0.05) is 0 Å². The number of allylic oxidation sites excluding steroid dienone is 2. The summed E-state index contributed by atoms with van der Waals surface area (Å²) in [6.07, 6.45) is 29.6. The van der Waals surface area contributed by atoms with Gasteiger partial charge in [0.05, 0.1) is 0 Å². The summed E-state index contributed by atoms with van der Waals surface area (Å²) in [6, 6.07) is 0. The Bertz CT molecular complexity index is 328. The summed E-state index contributed by atoms with van der Waals surface area (Å²) in [6.45, 7) is 0. The van der Waals surface area contributed by atoms with Crippen LogP contribution >= 0.6 is 28.3 Å². The van der Waals surface area contributed by atoms with E-state index in [0.717, 1.165) is 17.2 Å². The van der Waals surface area contributed by atoms with Crippen LogP contribution in [0.15, 0.2) is 12.2 Å². The van der Waals surface area contributed by atoms with Crippen molar-refractivity contribution in [3.63, 3.8) is 0 Å². The molecule has 150 valence electrons. The third-order valence-corrected chi connectivity index (χ3v) is 10.0. The molecule has 3 fully saturated rings. The first kappa shape index (κ1) is 22.5. The van der Waals surface area contributed by atoms with Crippen LogP contribution in [0.4, 0.5) is 0 Å². The van der Waals surface area contributed by atoms with Gasteiger partial charge in [-0.1, -0.05) is 77.9 Å². The fraction of sp³-hybridized carbons (Fsp3) is 0.905. The van der Waals surface area contributed by atoms with Crippen molar-refractivity contribution in [2.24, 2.45) is 5.92 Å². The molecule has 4 heteroatoms. The molecule has 0 bridgehead atoms. The predicted molar refractivity (Wildman–Crippen MR) is 113 cm³/mol. The van der Waals surface area contributed by atoms with Gasteiger partial charge in [0.2, 0.25) is 0 Å². The van der Waals surface area contributed by atoms with Crippen molar-refractivity contribution in [1.82, 2.24) is 0 Å². The van der Waals surface area contributed by atoms with Crippen molar-refractivity contribution < 1.29 is 12.7 Å². The van der Waals surface area contributed by atoms with Crippen LogP contribution in [0.1, 0.15) is 96.3 Å². The van der Waals surface area contributed by atoms with Gasteiger partial charge in [0.15, 0.2) is 0 Å². The van der Waals surface area contributed by atoms with Gasteiger partial charge in [-0.2, -0.15) is 0 Å². The Morgan fingerprint density at radius 1 is 0.680 bits per heavy atom. The van der Waals surface area contributed by atoms with Crippen molar-refractivity contribution in [3.8, 4) is 0 Å². The van der Waals surface area contributed by atoms with Crippen LogP contribution in [0, 0.1) is 5.92 Å². The van der Waals surface area contributed by atoms with E-state index in [4.69, 9.17) is 20.4 Å². The Labute approximate surface area is 172 Å². The normalized spacial score (nSPS) is 24.6. The van der Waals surface area contributed by atoms with Crippen molar-refractivity contribution >= 4 is 28.3 Å². The zero-order valence-electron chi connectivity index (χ0n) is 15.7. The Hall–Kier alpha value is 1.24. The first-order valence-corrected chi connectivity index (χ1v) is 15.0. The molecule has 3 aliphatic carbocycles. The van der Waals surface area contributed by atoms with E-state index in [0.29, 0.717) is 12.7 Å². The molecule has 0 spiro atoms. The molecule has 0 aliphatic heterocycles. The number of hydrogen-bond acceptors (Lipinski definition) is 0. The molecule has 0 aromatic rings. The maximum atomic E-state index is 4.70. The molecule has 0 saturated heterocycles. The molecule has 0 radical (unpaired) electrons. The summed E-state index contributed by atoms with van der Waals surface area (Å²) in [4.78, 5) is 0. The third-order valence-electron chi connectivity index (χ3n) is 6.46. The van der Waals surface area contributed by atoms with E-state index in [1.54, 1.807) is 25.7 Å². The Morgan fingerprint density at radius 2 is 1.08 bits per heavy atom. The van der Waals surface area contributed by atoms with Crippen LogP contribution in [-0.4, -0.2) is 17.5 Å². The second-order valence-electron chi connectivity index (χ2n) is 8.15. The molecule has 3 saturated carbocycles. The second kappa shape index (κ2) is 14.3. The molecule has 25 heavy (non-hydrogen) atoms. The third kappa shape index (κ3) is 8.86. The molecule has 0 unspecified atom stereocenters. The van der Waals surface area contributed by atoms with Crippen LogP contribution in [0.25, 0.3) is 0 Å². The van der Waals surface area contributed by atoms with Crippen molar-refractivity contribution in [3.05, 3.63) is 12.2 Å². The SMILES string of the molecule is C(=CC1CCCCC1)CP(C1CCCCC1)C1CCCCC1.[Cl][Ni][Cl]. The summed E-state index contributed by atoms with van der Waals surface area (Å²) >= 11 is 0.569. The number of rotatable bonds is 5. The van der Waals surface area contributed by atoms with E-state index in [9.17, 15) is 0 Å². The fourth-order valence-electron chi connectivity index (χ4n) is 5.12. The predicted octanol–water partition coefficient (Wildman–Crippen LogP) is 8.65. The van der Waals surface area contributed by atoms with E-state index in [-0.39, 0.29) is 7.92 Å². The Kier molecular flexibility index (Phi) is 12.9. The molecule has 0 aromatic carbocycles. The summed E-state index contributed by atoms with van der Waals surface area (Å²) < 4.78 is 0. The topological polar surface area (TPSA) is 0 Å². The molecule has 3 rings (SSSR count). The Morgan fingerprint density at radius 3 is 1.52 bits per heavy atom. The molecular formula is C21H37Cl2NiP. The van der Waals surface area contributed by atoms with E-state index in [1.165, 1.54) is 76.8 Å². The maximum absolute atomic E-state index is 4.70. The van der Waals surface area contributed by atoms with Crippen molar-refractivity contribution in [2.45, 2.75) is 108 Å². The van der Waals surface area contributed by atoms with Gasteiger partial charge >= 0.3 is 33.0 Å². The first-order valence-electron chi connectivity index (χ1n) is 10.6. The fourth-order valence-corrected chi connectivity index (χ4v) is 8.74. The van der Waals surface area contributed by atoms with E-state index < -0.39 is 0 Å². The summed E-state index contributed by atoms with van der Waals surface area (Å²) in [5.41, 5.74) is 2.26. The van der Waals surface area contributed by atoms with Crippen molar-refractivity contribution in [1.29, 1.82) is 0 Å². The van der Waals surface area contributed by atoms with Crippen LogP contribution in [-0.2, 0) is 12.7 Å².